The van der Waals surface area contributed by atoms with Crippen molar-refractivity contribution >= 4 is 69.3 Å². The Hall–Kier alpha value is -2.20. The molecule has 1 amide bonds. The topological polar surface area (TPSA) is 33.5 Å². The molecule has 0 N–H and O–H groups in total. The Morgan fingerprint density at radius 3 is 2.55 bits per heavy atom. The van der Waals surface area contributed by atoms with Gasteiger partial charge in [-0.15, -0.1) is 0 Å². The zero-order valence-electron chi connectivity index (χ0n) is 15.4. The van der Waals surface area contributed by atoms with Gasteiger partial charge in [-0.2, -0.15) is 13.2 Å². The molecule has 10 heteroatoms. The van der Waals surface area contributed by atoms with Crippen molar-refractivity contribution in [3.63, 3.8) is 0 Å². The number of alkyl halides is 3. The standard InChI is InChI=1S/C21H11ClF3NO2S3/c22-13-4-7-16(8-5-13)30-18-9-6-15(28-18)11-17-19(27)26(20(29)31-17)14-3-1-2-12(10-14)21(23,24)25/h1-11H/b17-11+. The minimum atomic E-state index is -4.52. The number of thiocarbonyl (C=S) groups is 1. The SMILES string of the molecule is O=C1/C(=C\c2ccc(Sc3ccc(Cl)cc3)o2)SC(=S)N1c1cccc(C(F)(F)F)c1. The van der Waals surface area contributed by atoms with Crippen LogP contribution in [0.1, 0.15) is 11.3 Å². The Labute approximate surface area is 194 Å². The molecule has 1 fully saturated rings. The molecule has 0 unspecified atom stereocenters. The second-order valence-electron chi connectivity index (χ2n) is 6.28. The van der Waals surface area contributed by atoms with E-state index >= 15 is 0 Å². The van der Waals surface area contributed by atoms with Gasteiger partial charge in [-0.1, -0.05) is 53.4 Å². The van der Waals surface area contributed by atoms with Crippen LogP contribution in [0.15, 0.2) is 80.0 Å². The minimum absolute atomic E-state index is 0.0687. The first kappa shape index (κ1) is 22.0. The molecular formula is C21H11ClF3NO2S3. The molecule has 158 valence electrons. The average Bonchev–Trinajstić information content (AvgIpc) is 3.27. The second kappa shape index (κ2) is 8.74. The molecule has 31 heavy (non-hydrogen) atoms. The number of carbonyl (C=O) groups excluding carboxylic acids is 1. The minimum Gasteiger partial charge on any atom is -0.450 e. The predicted octanol–water partition coefficient (Wildman–Crippen LogP) is 7.51. The number of halogens is 4. The van der Waals surface area contributed by atoms with E-state index in [4.69, 9.17) is 28.2 Å². The van der Waals surface area contributed by atoms with E-state index in [1.54, 1.807) is 24.3 Å². The summed E-state index contributed by atoms with van der Waals surface area (Å²) in [6.45, 7) is 0. The Bertz CT molecular complexity index is 1190. The van der Waals surface area contributed by atoms with E-state index in [9.17, 15) is 18.0 Å². The van der Waals surface area contributed by atoms with Gasteiger partial charge in [-0.25, -0.2) is 0 Å². The molecule has 4 rings (SSSR count). The van der Waals surface area contributed by atoms with Gasteiger partial charge in [0.25, 0.3) is 5.91 Å². The predicted molar refractivity (Wildman–Crippen MR) is 121 cm³/mol. The number of benzene rings is 2. The summed E-state index contributed by atoms with van der Waals surface area (Å²) in [7, 11) is 0. The molecule has 3 nitrogen and oxygen atoms in total. The van der Waals surface area contributed by atoms with Crippen molar-refractivity contribution in [2.75, 3.05) is 4.90 Å². The monoisotopic (exact) mass is 497 g/mol. The molecule has 3 aromatic rings. The third-order valence-electron chi connectivity index (χ3n) is 4.13. The van der Waals surface area contributed by atoms with Gasteiger partial charge in [0.15, 0.2) is 9.41 Å². The molecule has 1 aliphatic heterocycles. The molecule has 0 radical (unpaired) electrons. The highest BCUT2D eigenvalue weighted by Crippen LogP contribution is 2.39. The fraction of sp³-hybridized carbons (Fsp3) is 0.0476. The van der Waals surface area contributed by atoms with Gasteiger partial charge in [0.1, 0.15) is 5.76 Å². The van der Waals surface area contributed by atoms with Gasteiger partial charge in [0, 0.05) is 16.0 Å². The number of hydrogen-bond acceptors (Lipinski definition) is 5. The van der Waals surface area contributed by atoms with Crippen molar-refractivity contribution in [1.82, 2.24) is 0 Å². The van der Waals surface area contributed by atoms with Crippen LogP contribution in [-0.4, -0.2) is 10.2 Å². The number of furan rings is 1. The first-order valence-corrected chi connectivity index (χ1v) is 11.1. The van der Waals surface area contributed by atoms with Crippen LogP contribution in [0.5, 0.6) is 0 Å². The number of rotatable bonds is 4. The largest absolute Gasteiger partial charge is 0.450 e. The van der Waals surface area contributed by atoms with E-state index in [0.29, 0.717) is 15.9 Å². The van der Waals surface area contributed by atoms with Crippen molar-refractivity contribution in [1.29, 1.82) is 0 Å². The van der Waals surface area contributed by atoms with Crippen LogP contribution in [0.25, 0.3) is 6.08 Å². The summed E-state index contributed by atoms with van der Waals surface area (Å²) in [5, 5.41) is 1.24. The Kier molecular flexibility index (Phi) is 6.20. The molecular weight excluding hydrogens is 487 g/mol. The van der Waals surface area contributed by atoms with Gasteiger partial charge in [0.05, 0.1) is 16.2 Å². The van der Waals surface area contributed by atoms with Crippen molar-refractivity contribution in [2.24, 2.45) is 0 Å². The normalized spacial score (nSPS) is 15.9. The zero-order chi connectivity index (χ0) is 22.2. The lowest BCUT2D eigenvalue weighted by Crippen LogP contribution is -2.27. The summed E-state index contributed by atoms with van der Waals surface area (Å²) in [6.07, 6.45) is -2.99. The highest BCUT2D eigenvalue weighted by atomic mass is 35.5. The van der Waals surface area contributed by atoms with Gasteiger partial charge < -0.3 is 4.42 Å². The van der Waals surface area contributed by atoms with E-state index < -0.39 is 17.6 Å². The van der Waals surface area contributed by atoms with E-state index in [1.807, 2.05) is 12.1 Å². The lowest BCUT2D eigenvalue weighted by Gasteiger charge is -2.16. The number of anilines is 1. The highest BCUT2D eigenvalue weighted by molar-refractivity contribution is 8.27. The number of carbonyl (C=O) groups is 1. The molecule has 0 atom stereocenters. The van der Waals surface area contributed by atoms with Gasteiger partial charge in [-0.3, -0.25) is 9.69 Å². The van der Waals surface area contributed by atoms with Crippen LogP contribution in [0.2, 0.25) is 5.02 Å². The Morgan fingerprint density at radius 1 is 1.10 bits per heavy atom. The van der Waals surface area contributed by atoms with Crippen LogP contribution in [-0.2, 0) is 11.0 Å². The molecule has 0 saturated carbocycles. The molecule has 2 aromatic carbocycles. The van der Waals surface area contributed by atoms with E-state index in [2.05, 4.69) is 0 Å². The number of hydrogen-bond donors (Lipinski definition) is 0. The first-order chi connectivity index (χ1) is 14.7. The van der Waals surface area contributed by atoms with Crippen LogP contribution in [0.4, 0.5) is 18.9 Å². The summed E-state index contributed by atoms with van der Waals surface area (Å²) in [5.74, 6) is -0.0707. The van der Waals surface area contributed by atoms with Gasteiger partial charge >= 0.3 is 6.18 Å². The fourth-order valence-corrected chi connectivity index (χ4v) is 4.91. The Balaban J connectivity index is 1.54. The van der Waals surface area contributed by atoms with Crippen molar-refractivity contribution in [3.8, 4) is 0 Å². The van der Waals surface area contributed by atoms with Crippen LogP contribution in [0, 0.1) is 0 Å². The number of thioether (sulfide) groups is 1. The Morgan fingerprint density at radius 2 is 1.84 bits per heavy atom. The summed E-state index contributed by atoms with van der Waals surface area (Å²) < 4.78 is 44.9. The lowest BCUT2D eigenvalue weighted by molar-refractivity contribution is -0.137. The maximum absolute atomic E-state index is 13.0. The quantitative estimate of drug-likeness (QED) is 0.275. The second-order valence-corrected chi connectivity index (χ2v) is 9.47. The highest BCUT2D eigenvalue weighted by Gasteiger charge is 2.36. The summed E-state index contributed by atoms with van der Waals surface area (Å²) in [6, 6.07) is 15.2. The van der Waals surface area contributed by atoms with Crippen LogP contribution < -0.4 is 4.90 Å². The van der Waals surface area contributed by atoms with Crippen molar-refractivity contribution in [2.45, 2.75) is 16.2 Å². The number of nitrogens with zero attached hydrogens (tertiary/aromatic N) is 1. The molecule has 0 bridgehead atoms. The fourth-order valence-electron chi connectivity index (χ4n) is 2.73. The zero-order valence-corrected chi connectivity index (χ0v) is 18.6. The lowest BCUT2D eigenvalue weighted by atomic mass is 10.2. The molecule has 1 saturated heterocycles. The van der Waals surface area contributed by atoms with Crippen molar-refractivity contribution in [3.05, 3.63) is 81.9 Å². The van der Waals surface area contributed by atoms with E-state index in [-0.39, 0.29) is 14.9 Å². The molecule has 1 aromatic heterocycles. The molecule has 0 spiro atoms. The van der Waals surface area contributed by atoms with Crippen molar-refractivity contribution < 1.29 is 22.4 Å². The third-order valence-corrected chi connectivity index (χ3v) is 6.62. The summed E-state index contributed by atoms with van der Waals surface area (Å²) >= 11 is 13.5. The number of amides is 1. The maximum atomic E-state index is 13.0. The average molecular weight is 498 g/mol. The van der Waals surface area contributed by atoms with E-state index in [0.717, 1.165) is 33.7 Å². The smallest absolute Gasteiger partial charge is 0.416 e. The van der Waals surface area contributed by atoms with Crippen LogP contribution in [0.3, 0.4) is 0 Å². The van der Waals surface area contributed by atoms with Crippen LogP contribution >= 0.6 is 47.3 Å². The molecule has 0 aliphatic carbocycles. The molecule has 2 heterocycles. The summed E-state index contributed by atoms with van der Waals surface area (Å²) in [4.78, 5) is 15.1. The first-order valence-electron chi connectivity index (χ1n) is 8.69. The van der Waals surface area contributed by atoms with Gasteiger partial charge in [0.2, 0.25) is 0 Å². The maximum Gasteiger partial charge on any atom is 0.416 e. The third kappa shape index (κ3) is 5.01. The summed E-state index contributed by atoms with van der Waals surface area (Å²) in [5.41, 5.74) is -0.780. The van der Waals surface area contributed by atoms with Gasteiger partial charge in [-0.05, 0) is 54.6 Å². The van der Waals surface area contributed by atoms with E-state index in [1.165, 1.54) is 30.0 Å². The molecule has 1 aliphatic rings.